The lowest BCUT2D eigenvalue weighted by molar-refractivity contribution is -0.385. The summed E-state index contributed by atoms with van der Waals surface area (Å²) < 4.78 is 85.1. The van der Waals surface area contributed by atoms with Crippen molar-refractivity contribution in [1.29, 1.82) is 0 Å². The Morgan fingerprint density at radius 2 is 1.43 bits per heavy atom. The van der Waals surface area contributed by atoms with Gasteiger partial charge in [0.15, 0.2) is 0 Å². The maximum atomic E-state index is 13.3. The lowest BCUT2D eigenvalue weighted by Crippen LogP contribution is -2.49. The summed E-state index contributed by atoms with van der Waals surface area (Å²) in [7, 11) is 0. The van der Waals surface area contributed by atoms with Crippen LogP contribution in [0.2, 0.25) is 0 Å². The molecule has 0 aromatic heterocycles. The van der Waals surface area contributed by atoms with Gasteiger partial charge in [-0.3, -0.25) is 15.0 Å². The van der Waals surface area contributed by atoms with Gasteiger partial charge in [0.2, 0.25) is 0 Å². The third kappa shape index (κ3) is 7.34. The fourth-order valence-corrected chi connectivity index (χ4v) is 3.85. The molecule has 1 amide bonds. The summed E-state index contributed by atoms with van der Waals surface area (Å²) >= 11 is 0. The molecule has 0 bridgehead atoms. The SMILES string of the molecule is CC(C)(C)OC(=O)N1CCN(Cc2cc(-c3cc(C(F)(F)F)cc(C(F)(F)F)c3)ccc2[N+](=O)[O-])CC1. The Kier molecular flexibility index (Phi) is 7.77. The van der Waals surface area contributed by atoms with E-state index in [-0.39, 0.29) is 48.1 Å². The monoisotopic (exact) mass is 533 g/mol. The summed E-state index contributed by atoms with van der Waals surface area (Å²) in [6, 6.07) is 4.61. The van der Waals surface area contributed by atoms with Crippen LogP contribution in [0, 0.1) is 10.1 Å². The molecule has 1 aliphatic rings. The molecule has 1 aliphatic heterocycles. The Balaban J connectivity index is 1.89. The van der Waals surface area contributed by atoms with E-state index in [9.17, 15) is 41.3 Å². The van der Waals surface area contributed by atoms with E-state index in [4.69, 9.17) is 4.74 Å². The molecule has 1 heterocycles. The molecule has 2 aromatic rings. The van der Waals surface area contributed by atoms with Crippen molar-refractivity contribution in [3.8, 4) is 11.1 Å². The summed E-state index contributed by atoms with van der Waals surface area (Å²) in [6.07, 6.45) is -10.5. The molecule has 0 saturated carbocycles. The first-order valence-electron chi connectivity index (χ1n) is 11.2. The van der Waals surface area contributed by atoms with Gasteiger partial charge in [0.1, 0.15) is 5.60 Å². The van der Waals surface area contributed by atoms with Crippen molar-refractivity contribution < 1.29 is 40.8 Å². The van der Waals surface area contributed by atoms with E-state index >= 15 is 0 Å². The van der Waals surface area contributed by atoms with Crippen LogP contribution < -0.4 is 0 Å². The highest BCUT2D eigenvalue weighted by Gasteiger charge is 2.37. The van der Waals surface area contributed by atoms with Crippen molar-refractivity contribution >= 4 is 11.8 Å². The molecule has 3 rings (SSSR count). The maximum Gasteiger partial charge on any atom is 0.416 e. The largest absolute Gasteiger partial charge is 0.444 e. The van der Waals surface area contributed by atoms with Gasteiger partial charge in [-0.2, -0.15) is 26.3 Å². The van der Waals surface area contributed by atoms with Crippen LogP contribution in [-0.4, -0.2) is 52.6 Å². The molecule has 1 fully saturated rings. The number of nitro groups is 1. The molecular weight excluding hydrogens is 508 g/mol. The minimum Gasteiger partial charge on any atom is -0.444 e. The predicted octanol–water partition coefficient (Wildman–Crippen LogP) is 6.35. The lowest BCUT2D eigenvalue weighted by atomic mass is 9.97. The number of rotatable bonds is 4. The number of hydrogen-bond acceptors (Lipinski definition) is 5. The Hall–Kier alpha value is -3.35. The second-order valence-corrected chi connectivity index (χ2v) is 9.64. The Labute approximate surface area is 208 Å². The Bertz CT molecular complexity index is 1130. The molecule has 2 aromatic carbocycles. The van der Waals surface area contributed by atoms with Crippen LogP contribution in [0.25, 0.3) is 11.1 Å². The van der Waals surface area contributed by atoms with Crippen molar-refractivity contribution in [2.24, 2.45) is 0 Å². The highest BCUT2D eigenvalue weighted by atomic mass is 19.4. The van der Waals surface area contributed by atoms with Gasteiger partial charge in [-0.15, -0.1) is 0 Å². The summed E-state index contributed by atoms with van der Waals surface area (Å²) in [5, 5.41) is 11.6. The van der Waals surface area contributed by atoms with Crippen molar-refractivity contribution in [1.82, 2.24) is 9.80 Å². The molecule has 0 aliphatic carbocycles. The number of piperazine rings is 1. The molecule has 0 unspecified atom stereocenters. The summed E-state index contributed by atoms with van der Waals surface area (Å²) in [5.74, 6) is 0. The Morgan fingerprint density at radius 1 is 0.892 bits per heavy atom. The van der Waals surface area contributed by atoms with E-state index in [2.05, 4.69) is 0 Å². The molecule has 0 atom stereocenters. The van der Waals surface area contributed by atoms with Gasteiger partial charge in [0, 0.05) is 44.4 Å². The van der Waals surface area contributed by atoms with E-state index in [1.54, 1.807) is 25.7 Å². The first-order valence-corrected chi connectivity index (χ1v) is 11.2. The van der Waals surface area contributed by atoms with Crippen LogP contribution in [0.3, 0.4) is 0 Å². The van der Waals surface area contributed by atoms with Crippen molar-refractivity contribution in [2.75, 3.05) is 26.2 Å². The first-order chi connectivity index (χ1) is 16.9. The normalized spacial score (nSPS) is 15.5. The maximum absolute atomic E-state index is 13.3. The molecule has 37 heavy (non-hydrogen) atoms. The number of carbonyl (C=O) groups is 1. The zero-order valence-corrected chi connectivity index (χ0v) is 20.2. The number of nitrogens with zero attached hydrogens (tertiary/aromatic N) is 3. The van der Waals surface area contributed by atoms with Crippen LogP contribution >= 0.6 is 0 Å². The number of amides is 1. The van der Waals surface area contributed by atoms with Gasteiger partial charge < -0.3 is 9.64 Å². The third-order valence-corrected chi connectivity index (χ3v) is 5.62. The summed E-state index contributed by atoms with van der Waals surface area (Å²) in [4.78, 5) is 26.5. The zero-order chi connectivity index (χ0) is 27.8. The zero-order valence-electron chi connectivity index (χ0n) is 20.2. The molecule has 202 valence electrons. The minimum atomic E-state index is -5.02. The van der Waals surface area contributed by atoms with Crippen LogP contribution in [0.5, 0.6) is 0 Å². The smallest absolute Gasteiger partial charge is 0.416 e. The number of alkyl halides is 6. The molecule has 7 nitrogen and oxygen atoms in total. The van der Waals surface area contributed by atoms with E-state index in [0.29, 0.717) is 25.2 Å². The number of hydrogen-bond donors (Lipinski definition) is 0. The molecule has 0 radical (unpaired) electrons. The number of nitro benzene ring substituents is 1. The standard InChI is InChI=1S/C24H25F6N3O4/c1-22(2,3)37-21(34)32-8-6-31(7-9-32)14-17-10-15(4-5-20(17)33(35)36)16-11-18(23(25,26)27)13-19(12-16)24(28,29)30/h4-5,10-13H,6-9,14H2,1-3H3. The number of halogens is 6. The molecule has 1 saturated heterocycles. The molecular formula is C24H25F6N3O4. The molecule has 13 heteroatoms. The van der Waals surface area contributed by atoms with Crippen LogP contribution in [0.4, 0.5) is 36.8 Å². The summed E-state index contributed by atoms with van der Waals surface area (Å²) in [6.45, 7) is 6.44. The molecule has 0 N–H and O–H groups in total. The topological polar surface area (TPSA) is 75.9 Å². The fraction of sp³-hybridized carbons (Fsp3) is 0.458. The van der Waals surface area contributed by atoms with E-state index in [0.717, 1.165) is 12.1 Å². The van der Waals surface area contributed by atoms with Gasteiger partial charge in [-0.05, 0) is 62.2 Å². The van der Waals surface area contributed by atoms with Gasteiger partial charge in [-0.25, -0.2) is 4.79 Å². The van der Waals surface area contributed by atoms with Crippen molar-refractivity contribution in [3.05, 3.63) is 63.2 Å². The van der Waals surface area contributed by atoms with Gasteiger partial charge >= 0.3 is 18.4 Å². The number of benzene rings is 2. The quantitative estimate of drug-likeness (QED) is 0.260. The van der Waals surface area contributed by atoms with E-state index in [1.807, 2.05) is 0 Å². The van der Waals surface area contributed by atoms with Crippen LogP contribution in [0.15, 0.2) is 36.4 Å². The van der Waals surface area contributed by atoms with E-state index in [1.165, 1.54) is 11.0 Å². The fourth-order valence-electron chi connectivity index (χ4n) is 3.85. The highest BCUT2D eigenvalue weighted by Crippen LogP contribution is 2.39. The Morgan fingerprint density at radius 3 is 1.89 bits per heavy atom. The lowest BCUT2D eigenvalue weighted by Gasteiger charge is -2.35. The van der Waals surface area contributed by atoms with Gasteiger partial charge in [0.05, 0.1) is 16.1 Å². The second-order valence-electron chi connectivity index (χ2n) is 9.64. The predicted molar refractivity (Wildman–Crippen MR) is 122 cm³/mol. The number of carbonyl (C=O) groups excluding carboxylic acids is 1. The van der Waals surface area contributed by atoms with Crippen molar-refractivity contribution in [2.45, 2.75) is 45.3 Å². The number of ether oxygens (including phenoxy) is 1. The van der Waals surface area contributed by atoms with Gasteiger partial charge in [0.25, 0.3) is 5.69 Å². The third-order valence-electron chi connectivity index (χ3n) is 5.62. The average molecular weight is 533 g/mol. The second kappa shape index (κ2) is 10.2. The van der Waals surface area contributed by atoms with Crippen LogP contribution in [0.1, 0.15) is 37.5 Å². The minimum absolute atomic E-state index is 0.0113. The summed E-state index contributed by atoms with van der Waals surface area (Å²) in [5.41, 5.74) is -4.21. The van der Waals surface area contributed by atoms with Crippen LogP contribution in [-0.2, 0) is 23.6 Å². The highest BCUT2D eigenvalue weighted by molar-refractivity contribution is 5.69. The molecule has 0 spiro atoms. The first kappa shape index (κ1) is 28.2. The van der Waals surface area contributed by atoms with Gasteiger partial charge in [-0.1, -0.05) is 0 Å². The van der Waals surface area contributed by atoms with Crippen molar-refractivity contribution in [3.63, 3.8) is 0 Å². The average Bonchev–Trinajstić information content (AvgIpc) is 2.76. The van der Waals surface area contributed by atoms with E-state index < -0.39 is 40.1 Å².